The zero-order valence-corrected chi connectivity index (χ0v) is 13.8. The second-order valence-electron chi connectivity index (χ2n) is 5.59. The highest BCUT2D eigenvalue weighted by Gasteiger charge is 2.04. The van der Waals surface area contributed by atoms with Crippen LogP contribution in [0.3, 0.4) is 0 Å². The lowest BCUT2D eigenvalue weighted by molar-refractivity contribution is -0.120. The van der Waals surface area contributed by atoms with Crippen molar-refractivity contribution in [1.82, 2.24) is 5.32 Å². The van der Waals surface area contributed by atoms with Gasteiger partial charge in [0.1, 0.15) is 0 Å². The fourth-order valence-electron chi connectivity index (χ4n) is 2.10. The molecular weight excluding hydrogens is 296 g/mol. The molecular formula is C18H23ClN2O. The molecule has 0 aliphatic rings. The number of nitrogen functional groups attached to an aromatic ring is 1. The van der Waals surface area contributed by atoms with Crippen molar-refractivity contribution in [3.8, 4) is 0 Å². The quantitative estimate of drug-likeness (QED) is 0.826. The minimum atomic E-state index is 0. The lowest BCUT2D eigenvalue weighted by atomic mass is 10.0. The summed E-state index contributed by atoms with van der Waals surface area (Å²) in [5, 5.41) is 2.94. The number of benzene rings is 2. The fraction of sp³-hybridized carbons (Fsp3) is 0.278. The monoisotopic (exact) mass is 318 g/mol. The molecule has 3 nitrogen and oxygen atoms in total. The Bertz CT molecular complexity index is 591. The molecule has 0 atom stereocenters. The minimum Gasteiger partial charge on any atom is -0.399 e. The summed E-state index contributed by atoms with van der Waals surface area (Å²) in [5.74, 6) is 0.548. The van der Waals surface area contributed by atoms with Crippen LogP contribution in [0.1, 0.15) is 36.5 Å². The number of nitrogens with two attached hydrogens (primary N) is 1. The van der Waals surface area contributed by atoms with E-state index in [-0.39, 0.29) is 18.3 Å². The molecule has 2 aromatic carbocycles. The number of halogens is 1. The highest BCUT2D eigenvalue weighted by atomic mass is 35.5. The number of amides is 1. The summed E-state index contributed by atoms with van der Waals surface area (Å²) < 4.78 is 0. The van der Waals surface area contributed by atoms with Gasteiger partial charge in [-0.25, -0.2) is 0 Å². The van der Waals surface area contributed by atoms with Crippen LogP contribution in [-0.2, 0) is 17.8 Å². The Kier molecular flexibility index (Phi) is 6.93. The molecule has 0 saturated carbocycles. The molecule has 0 saturated heterocycles. The van der Waals surface area contributed by atoms with E-state index in [1.54, 1.807) is 0 Å². The third kappa shape index (κ3) is 5.41. The van der Waals surface area contributed by atoms with Gasteiger partial charge in [-0.05, 0) is 34.7 Å². The van der Waals surface area contributed by atoms with Gasteiger partial charge in [-0.1, -0.05) is 50.2 Å². The molecule has 22 heavy (non-hydrogen) atoms. The summed E-state index contributed by atoms with van der Waals surface area (Å²) in [6.07, 6.45) is 0.379. The van der Waals surface area contributed by atoms with Crippen molar-refractivity contribution in [2.75, 3.05) is 5.73 Å². The molecule has 118 valence electrons. The van der Waals surface area contributed by atoms with Crippen molar-refractivity contribution in [3.63, 3.8) is 0 Å². The average molecular weight is 319 g/mol. The summed E-state index contributed by atoms with van der Waals surface area (Å²) in [7, 11) is 0. The molecule has 1 amide bonds. The van der Waals surface area contributed by atoms with Gasteiger partial charge in [-0.2, -0.15) is 0 Å². The van der Waals surface area contributed by atoms with Crippen LogP contribution in [0.5, 0.6) is 0 Å². The van der Waals surface area contributed by atoms with Gasteiger partial charge in [0, 0.05) is 12.2 Å². The van der Waals surface area contributed by atoms with Crippen molar-refractivity contribution in [3.05, 3.63) is 65.2 Å². The average Bonchev–Trinajstić information content (AvgIpc) is 2.48. The molecule has 0 fully saturated rings. The van der Waals surface area contributed by atoms with E-state index < -0.39 is 0 Å². The number of anilines is 1. The zero-order chi connectivity index (χ0) is 15.2. The Morgan fingerprint density at radius 2 is 1.55 bits per heavy atom. The molecule has 0 radical (unpaired) electrons. The summed E-state index contributed by atoms with van der Waals surface area (Å²) in [4.78, 5) is 11.9. The van der Waals surface area contributed by atoms with E-state index in [0.717, 1.165) is 11.1 Å². The topological polar surface area (TPSA) is 55.1 Å². The molecule has 0 unspecified atom stereocenters. The van der Waals surface area contributed by atoms with E-state index in [1.807, 2.05) is 24.3 Å². The molecule has 2 aromatic rings. The third-order valence-electron chi connectivity index (χ3n) is 3.48. The molecule has 0 aliphatic carbocycles. The Morgan fingerprint density at radius 3 is 2.09 bits per heavy atom. The molecule has 0 aromatic heterocycles. The largest absolute Gasteiger partial charge is 0.399 e. The number of hydrogen-bond acceptors (Lipinski definition) is 2. The predicted molar refractivity (Wildman–Crippen MR) is 94.2 cm³/mol. The van der Waals surface area contributed by atoms with E-state index in [9.17, 15) is 4.79 Å². The first-order chi connectivity index (χ1) is 10.0. The summed E-state index contributed by atoms with van der Waals surface area (Å²) in [6.45, 7) is 4.90. The molecule has 2 rings (SSSR count). The molecule has 0 spiro atoms. The highest BCUT2D eigenvalue weighted by molar-refractivity contribution is 5.85. The Labute approximate surface area is 138 Å². The molecule has 0 aliphatic heterocycles. The first-order valence-corrected chi connectivity index (χ1v) is 7.24. The number of hydrogen-bond donors (Lipinski definition) is 2. The van der Waals surface area contributed by atoms with Crippen LogP contribution in [0, 0.1) is 0 Å². The van der Waals surface area contributed by atoms with Crippen LogP contribution in [0.15, 0.2) is 48.5 Å². The van der Waals surface area contributed by atoms with Gasteiger partial charge >= 0.3 is 0 Å². The van der Waals surface area contributed by atoms with E-state index >= 15 is 0 Å². The lowest BCUT2D eigenvalue weighted by Crippen LogP contribution is -2.24. The maximum atomic E-state index is 11.9. The second kappa shape index (κ2) is 8.44. The van der Waals surface area contributed by atoms with Gasteiger partial charge in [0.2, 0.25) is 5.91 Å². The van der Waals surface area contributed by atoms with Crippen molar-refractivity contribution < 1.29 is 4.79 Å². The second-order valence-corrected chi connectivity index (χ2v) is 5.59. The van der Waals surface area contributed by atoms with Crippen LogP contribution in [0.25, 0.3) is 0 Å². The SMILES string of the molecule is CC(C)c1ccc(CNC(=O)Cc2ccc(N)cc2)cc1.Cl. The summed E-state index contributed by atoms with van der Waals surface area (Å²) >= 11 is 0. The number of carbonyl (C=O) groups excluding carboxylic acids is 1. The summed E-state index contributed by atoms with van der Waals surface area (Å²) in [6, 6.07) is 15.8. The lowest BCUT2D eigenvalue weighted by Gasteiger charge is -2.08. The van der Waals surface area contributed by atoms with Gasteiger partial charge in [0.05, 0.1) is 6.42 Å². The number of rotatable bonds is 5. The van der Waals surface area contributed by atoms with Gasteiger partial charge in [-0.3, -0.25) is 4.79 Å². The number of nitrogens with one attached hydrogen (secondary N) is 1. The van der Waals surface area contributed by atoms with E-state index in [1.165, 1.54) is 5.56 Å². The maximum Gasteiger partial charge on any atom is 0.224 e. The van der Waals surface area contributed by atoms with Crippen molar-refractivity contribution in [2.24, 2.45) is 0 Å². The first kappa shape index (κ1) is 18.1. The van der Waals surface area contributed by atoms with Crippen molar-refractivity contribution in [1.29, 1.82) is 0 Å². The number of carbonyl (C=O) groups is 1. The van der Waals surface area contributed by atoms with Crippen LogP contribution in [0.4, 0.5) is 5.69 Å². The smallest absolute Gasteiger partial charge is 0.224 e. The van der Waals surface area contributed by atoms with Crippen LogP contribution < -0.4 is 11.1 Å². The normalized spacial score (nSPS) is 10.1. The molecule has 0 heterocycles. The fourth-order valence-corrected chi connectivity index (χ4v) is 2.10. The van der Waals surface area contributed by atoms with E-state index in [4.69, 9.17) is 5.73 Å². The van der Waals surface area contributed by atoms with Crippen molar-refractivity contribution in [2.45, 2.75) is 32.7 Å². The van der Waals surface area contributed by atoms with Crippen LogP contribution in [0.2, 0.25) is 0 Å². The first-order valence-electron chi connectivity index (χ1n) is 7.24. The molecule has 0 bridgehead atoms. The van der Waals surface area contributed by atoms with Crippen LogP contribution >= 0.6 is 12.4 Å². The Balaban J connectivity index is 0.00000242. The Morgan fingerprint density at radius 1 is 1.00 bits per heavy atom. The highest BCUT2D eigenvalue weighted by Crippen LogP contribution is 2.14. The van der Waals surface area contributed by atoms with Crippen molar-refractivity contribution >= 4 is 24.0 Å². The third-order valence-corrected chi connectivity index (χ3v) is 3.48. The van der Waals surface area contributed by atoms with E-state index in [2.05, 4.69) is 43.4 Å². The Hall–Kier alpha value is -2.00. The van der Waals surface area contributed by atoms with E-state index in [0.29, 0.717) is 24.6 Å². The zero-order valence-electron chi connectivity index (χ0n) is 13.0. The van der Waals surface area contributed by atoms with Crippen LogP contribution in [-0.4, -0.2) is 5.91 Å². The summed E-state index contributed by atoms with van der Waals surface area (Å²) in [5.41, 5.74) is 9.73. The standard InChI is InChI=1S/C18H22N2O.ClH/c1-13(2)16-7-3-15(4-8-16)12-20-18(21)11-14-5-9-17(19)10-6-14;/h3-10,13H,11-12,19H2,1-2H3,(H,20,21);1H. The molecule has 3 N–H and O–H groups in total. The van der Waals surface area contributed by atoms with Gasteiger partial charge in [0.15, 0.2) is 0 Å². The van der Waals surface area contributed by atoms with Gasteiger partial charge in [0.25, 0.3) is 0 Å². The van der Waals surface area contributed by atoms with Gasteiger partial charge < -0.3 is 11.1 Å². The minimum absolute atomic E-state index is 0. The predicted octanol–water partition coefficient (Wildman–Crippen LogP) is 3.67. The molecule has 4 heteroatoms. The maximum absolute atomic E-state index is 11.9. The van der Waals surface area contributed by atoms with Gasteiger partial charge in [-0.15, -0.1) is 12.4 Å².